The number of aryl methyl sites for hydroxylation is 1. The van der Waals surface area contributed by atoms with Crippen molar-refractivity contribution in [3.05, 3.63) is 69.9 Å². The fourth-order valence-corrected chi connectivity index (χ4v) is 2.98. The van der Waals surface area contributed by atoms with Crippen molar-refractivity contribution in [3.8, 4) is 0 Å². The van der Waals surface area contributed by atoms with Crippen LogP contribution in [0.25, 0.3) is 10.8 Å². The molecular weight excluding hydrogens is 296 g/mol. The van der Waals surface area contributed by atoms with Crippen molar-refractivity contribution in [1.82, 2.24) is 0 Å². The van der Waals surface area contributed by atoms with E-state index in [1.54, 1.807) is 18.2 Å². The smallest absolute Gasteiger partial charge is 0.338 e. The third-order valence-electron chi connectivity index (χ3n) is 3.33. The Labute approximate surface area is 132 Å². The highest BCUT2D eigenvalue weighted by molar-refractivity contribution is 7.14. The maximum atomic E-state index is 12.1. The van der Waals surface area contributed by atoms with E-state index in [2.05, 4.69) is 0 Å². The highest BCUT2D eigenvalue weighted by Gasteiger charge is 2.13. The summed E-state index contributed by atoms with van der Waals surface area (Å²) in [7, 11) is 0. The fourth-order valence-electron chi connectivity index (χ4n) is 2.19. The maximum absolute atomic E-state index is 12.1. The lowest BCUT2D eigenvalue weighted by molar-refractivity contribution is 0.0476. The van der Waals surface area contributed by atoms with E-state index in [9.17, 15) is 9.59 Å². The summed E-state index contributed by atoms with van der Waals surface area (Å²) in [6, 6.07) is 16.8. The Morgan fingerprint density at radius 3 is 2.50 bits per heavy atom. The highest BCUT2D eigenvalue weighted by Crippen LogP contribution is 2.18. The molecule has 2 aromatic carbocycles. The molecule has 0 saturated carbocycles. The average Bonchev–Trinajstić information content (AvgIpc) is 2.98. The number of hydrogen-bond acceptors (Lipinski definition) is 4. The van der Waals surface area contributed by atoms with Crippen LogP contribution in [-0.4, -0.2) is 18.4 Å². The Kier molecular flexibility index (Phi) is 4.02. The Bertz CT molecular complexity index is 848. The van der Waals surface area contributed by atoms with Crippen molar-refractivity contribution in [3.63, 3.8) is 0 Å². The maximum Gasteiger partial charge on any atom is 0.338 e. The van der Waals surface area contributed by atoms with Crippen LogP contribution >= 0.6 is 11.3 Å². The number of thiophene rings is 1. The van der Waals surface area contributed by atoms with E-state index < -0.39 is 5.97 Å². The van der Waals surface area contributed by atoms with Crippen LogP contribution in [0.15, 0.2) is 54.6 Å². The van der Waals surface area contributed by atoms with Crippen molar-refractivity contribution in [1.29, 1.82) is 0 Å². The van der Waals surface area contributed by atoms with Crippen LogP contribution in [0.1, 0.15) is 24.9 Å². The normalized spacial score (nSPS) is 10.6. The summed E-state index contributed by atoms with van der Waals surface area (Å²) in [6.07, 6.45) is 0. The molecule has 4 heteroatoms. The second kappa shape index (κ2) is 6.12. The molecule has 3 nitrogen and oxygen atoms in total. The average molecular weight is 310 g/mol. The summed E-state index contributed by atoms with van der Waals surface area (Å²) >= 11 is 1.40. The Morgan fingerprint density at radius 1 is 1.00 bits per heavy atom. The number of rotatable bonds is 4. The van der Waals surface area contributed by atoms with Gasteiger partial charge in [0.15, 0.2) is 6.61 Å². The van der Waals surface area contributed by atoms with Crippen molar-refractivity contribution in [2.45, 2.75) is 6.92 Å². The number of benzene rings is 2. The number of esters is 1. The minimum Gasteiger partial charge on any atom is -0.454 e. The van der Waals surface area contributed by atoms with Crippen LogP contribution in [0.4, 0.5) is 0 Å². The highest BCUT2D eigenvalue weighted by atomic mass is 32.1. The van der Waals surface area contributed by atoms with Gasteiger partial charge in [0.05, 0.1) is 10.4 Å². The largest absolute Gasteiger partial charge is 0.454 e. The molecule has 22 heavy (non-hydrogen) atoms. The molecule has 0 aliphatic heterocycles. The number of Topliss-reactive ketones (excluding diaryl/α,β-unsaturated/α-hetero) is 1. The lowest BCUT2D eigenvalue weighted by Crippen LogP contribution is -2.13. The Morgan fingerprint density at radius 2 is 1.77 bits per heavy atom. The molecule has 0 aliphatic carbocycles. The third-order valence-corrected chi connectivity index (χ3v) is 4.38. The van der Waals surface area contributed by atoms with E-state index in [0.29, 0.717) is 10.4 Å². The van der Waals surface area contributed by atoms with E-state index >= 15 is 0 Å². The first kappa shape index (κ1) is 14.5. The van der Waals surface area contributed by atoms with Crippen LogP contribution < -0.4 is 0 Å². The first-order valence-corrected chi connectivity index (χ1v) is 7.71. The van der Waals surface area contributed by atoms with Crippen LogP contribution in [-0.2, 0) is 4.74 Å². The SMILES string of the molecule is Cc1ccc(C(=O)COC(=O)c2ccc3ccccc3c2)s1. The Balaban J connectivity index is 1.69. The quantitative estimate of drug-likeness (QED) is 0.534. The molecule has 110 valence electrons. The van der Waals surface area contributed by atoms with Gasteiger partial charge >= 0.3 is 5.97 Å². The fraction of sp³-hybridized carbons (Fsp3) is 0.111. The molecule has 0 amide bonds. The van der Waals surface area contributed by atoms with Crippen LogP contribution in [0.3, 0.4) is 0 Å². The predicted octanol–water partition coefficient (Wildman–Crippen LogP) is 4.25. The lowest BCUT2D eigenvalue weighted by Gasteiger charge is -2.05. The number of carbonyl (C=O) groups excluding carboxylic acids is 2. The molecule has 0 aliphatic rings. The number of ether oxygens (including phenoxy) is 1. The molecular formula is C18H14O3S. The van der Waals surface area contributed by atoms with E-state index in [-0.39, 0.29) is 12.4 Å². The van der Waals surface area contributed by atoms with Crippen LogP contribution in [0, 0.1) is 6.92 Å². The van der Waals surface area contributed by atoms with Gasteiger partial charge in [-0.2, -0.15) is 0 Å². The Hall–Kier alpha value is -2.46. The summed E-state index contributed by atoms with van der Waals surface area (Å²) in [5, 5.41) is 2.03. The van der Waals surface area contributed by atoms with Gasteiger partial charge in [-0.25, -0.2) is 4.79 Å². The molecule has 0 fully saturated rings. The molecule has 0 bridgehead atoms. The third kappa shape index (κ3) is 3.07. The minimum absolute atomic E-state index is 0.174. The first-order valence-electron chi connectivity index (χ1n) is 6.89. The van der Waals surface area contributed by atoms with E-state index in [4.69, 9.17) is 4.74 Å². The molecule has 3 aromatic rings. The molecule has 0 atom stereocenters. The topological polar surface area (TPSA) is 43.4 Å². The summed E-state index contributed by atoms with van der Waals surface area (Å²) < 4.78 is 5.12. The van der Waals surface area contributed by atoms with Gasteiger partial charge in [-0.15, -0.1) is 11.3 Å². The monoisotopic (exact) mass is 310 g/mol. The minimum atomic E-state index is -0.479. The van der Waals surface area contributed by atoms with Crippen molar-refractivity contribution in [2.24, 2.45) is 0 Å². The van der Waals surface area contributed by atoms with Crippen molar-refractivity contribution in [2.75, 3.05) is 6.61 Å². The van der Waals surface area contributed by atoms with Crippen LogP contribution in [0.2, 0.25) is 0 Å². The lowest BCUT2D eigenvalue weighted by atomic mass is 10.1. The summed E-state index contributed by atoms with van der Waals surface area (Å²) in [5.74, 6) is -0.653. The van der Waals surface area contributed by atoms with E-state index in [1.807, 2.05) is 43.3 Å². The van der Waals surface area contributed by atoms with Gasteiger partial charge in [-0.1, -0.05) is 30.3 Å². The summed E-state index contributed by atoms with van der Waals surface area (Å²) in [6.45, 7) is 1.70. The zero-order valence-corrected chi connectivity index (χ0v) is 12.9. The molecule has 0 N–H and O–H groups in total. The second-order valence-corrected chi connectivity index (χ2v) is 6.26. The molecule has 0 unspecified atom stereocenters. The van der Waals surface area contributed by atoms with Crippen LogP contribution in [0.5, 0.6) is 0 Å². The zero-order chi connectivity index (χ0) is 15.5. The molecule has 3 rings (SSSR count). The predicted molar refractivity (Wildman–Crippen MR) is 87.6 cm³/mol. The van der Waals surface area contributed by atoms with Crippen molar-refractivity contribution >= 4 is 33.9 Å². The van der Waals surface area contributed by atoms with Gasteiger partial charge in [0.2, 0.25) is 5.78 Å². The van der Waals surface area contributed by atoms with Crippen molar-refractivity contribution < 1.29 is 14.3 Å². The number of ketones is 1. The first-order chi connectivity index (χ1) is 10.6. The van der Waals surface area contributed by atoms with Gasteiger partial charge in [-0.05, 0) is 42.0 Å². The van der Waals surface area contributed by atoms with E-state index in [0.717, 1.165) is 15.6 Å². The number of hydrogen-bond donors (Lipinski definition) is 0. The van der Waals surface area contributed by atoms with E-state index in [1.165, 1.54) is 11.3 Å². The molecule has 0 spiro atoms. The summed E-state index contributed by atoms with van der Waals surface area (Å²) in [5.41, 5.74) is 0.453. The van der Waals surface area contributed by atoms with Gasteiger partial charge < -0.3 is 4.74 Å². The van der Waals surface area contributed by atoms with Gasteiger partial charge in [0.1, 0.15) is 0 Å². The number of fused-ring (bicyclic) bond motifs is 1. The molecule has 0 radical (unpaired) electrons. The number of carbonyl (C=O) groups is 2. The summed E-state index contributed by atoms with van der Waals surface area (Å²) in [4.78, 5) is 25.7. The van der Waals surface area contributed by atoms with Gasteiger partial charge in [0.25, 0.3) is 0 Å². The van der Waals surface area contributed by atoms with Gasteiger partial charge in [-0.3, -0.25) is 4.79 Å². The molecule has 1 heterocycles. The second-order valence-electron chi connectivity index (χ2n) is 4.97. The zero-order valence-electron chi connectivity index (χ0n) is 12.0. The molecule has 0 saturated heterocycles. The van der Waals surface area contributed by atoms with Gasteiger partial charge in [0, 0.05) is 4.88 Å². The molecule has 1 aromatic heterocycles. The standard InChI is InChI=1S/C18H14O3S/c1-12-6-9-17(22-12)16(19)11-21-18(20)15-8-7-13-4-2-3-5-14(13)10-15/h2-10H,11H2,1H3.